The summed E-state index contributed by atoms with van der Waals surface area (Å²) in [6, 6.07) is 12.3. The highest BCUT2D eigenvalue weighted by molar-refractivity contribution is 5.86. The minimum atomic E-state index is -0.438. The number of phenols is 1. The Balaban J connectivity index is 1.78. The molecule has 4 atom stereocenters. The van der Waals surface area contributed by atoms with Crippen molar-refractivity contribution in [3.63, 3.8) is 0 Å². The lowest BCUT2D eigenvalue weighted by Crippen LogP contribution is -2.42. The molecule has 2 aromatic carbocycles. The summed E-state index contributed by atoms with van der Waals surface area (Å²) in [5.41, 5.74) is 9.10. The number of ether oxygens (including phenoxy) is 1. The fourth-order valence-corrected chi connectivity index (χ4v) is 4.60. The predicted molar refractivity (Wildman–Crippen MR) is 108 cm³/mol. The summed E-state index contributed by atoms with van der Waals surface area (Å²) in [6.45, 7) is 4.61. The minimum absolute atomic E-state index is 0.0574. The molecule has 2 saturated heterocycles. The summed E-state index contributed by atoms with van der Waals surface area (Å²) in [6.07, 6.45) is 0. The summed E-state index contributed by atoms with van der Waals surface area (Å²) in [4.78, 5) is 14.8. The SMILES string of the molecule is CCOc1cccc(C2C3C(NNC3c3cc(C)ccc3O)C(=O)N2CCO)c1. The number of aliphatic hydroxyl groups excluding tert-OH is 1. The molecule has 0 saturated carbocycles. The summed E-state index contributed by atoms with van der Waals surface area (Å²) in [5.74, 6) is 0.737. The molecule has 29 heavy (non-hydrogen) atoms. The largest absolute Gasteiger partial charge is 0.508 e. The number of aromatic hydroxyl groups is 1. The standard InChI is InChI=1S/C22H27N3O4/c1-3-29-15-6-4-5-14(12-15)21-18-19(16-11-13(2)7-8-17(16)27)23-24-20(18)22(28)25(21)9-10-26/h4-8,11-12,18-21,23-24,26-27H,3,9-10H2,1-2H3. The number of aryl methyl sites for hydroxylation is 1. The van der Waals surface area contributed by atoms with E-state index in [1.807, 2.05) is 50.2 Å². The number of hydrogen-bond acceptors (Lipinski definition) is 6. The molecule has 7 heteroatoms. The number of nitrogens with zero attached hydrogens (tertiary/aromatic N) is 1. The van der Waals surface area contributed by atoms with Crippen molar-refractivity contribution in [3.8, 4) is 11.5 Å². The normalized spacial score (nSPS) is 26.0. The molecule has 4 unspecified atom stereocenters. The molecule has 0 spiro atoms. The van der Waals surface area contributed by atoms with Crippen LogP contribution in [-0.4, -0.2) is 46.8 Å². The van der Waals surface area contributed by atoms with Gasteiger partial charge in [-0.2, -0.15) is 0 Å². The molecular weight excluding hydrogens is 370 g/mol. The van der Waals surface area contributed by atoms with E-state index in [4.69, 9.17) is 4.74 Å². The molecule has 0 aliphatic carbocycles. The van der Waals surface area contributed by atoms with Crippen LogP contribution in [0.15, 0.2) is 42.5 Å². The van der Waals surface area contributed by atoms with E-state index in [0.29, 0.717) is 6.61 Å². The Morgan fingerprint density at radius 2 is 1.93 bits per heavy atom. The first-order valence-corrected chi connectivity index (χ1v) is 9.99. The number of aliphatic hydroxyl groups is 1. The maximum absolute atomic E-state index is 13.1. The number of amides is 1. The third kappa shape index (κ3) is 3.46. The first-order chi connectivity index (χ1) is 14.0. The highest BCUT2D eigenvalue weighted by Gasteiger charge is 2.55. The molecule has 2 aliphatic rings. The van der Waals surface area contributed by atoms with Gasteiger partial charge in [-0.25, -0.2) is 10.9 Å². The Morgan fingerprint density at radius 3 is 2.69 bits per heavy atom. The van der Waals surface area contributed by atoms with Crippen LogP contribution in [0.4, 0.5) is 0 Å². The lowest BCUT2D eigenvalue weighted by atomic mass is 9.82. The van der Waals surface area contributed by atoms with E-state index in [9.17, 15) is 15.0 Å². The van der Waals surface area contributed by atoms with Gasteiger partial charge in [-0.05, 0) is 37.6 Å². The van der Waals surface area contributed by atoms with Crippen molar-refractivity contribution >= 4 is 5.91 Å². The van der Waals surface area contributed by atoms with Crippen LogP contribution >= 0.6 is 0 Å². The van der Waals surface area contributed by atoms with Crippen LogP contribution in [0, 0.1) is 12.8 Å². The van der Waals surface area contributed by atoms with Crippen LogP contribution in [0.5, 0.6) is 11.5 Å². The van der Waals surface area contributed by atoms with Crippen molar-refractivity contribution in [2.24, 2.45) is 5.92 Å². The van der Waals surface area contributed by atoms with Gasteiger partial charge in [-0.3, -0.25) is 4.79 Å². The van der Waals surface area contributed by atoms with Crippen LogP contribution in [0.2, 0.25) is 0 Å². The first kappa shape index (κ1) is 19.7. The first-order valence-electron chi connectivity index (χ1n) is 9.99. The van der Waals surface area contributed by atoms with Gasteiger partial charge in [-0.1, -0.05) is 29.8 Å². The van der Waals surface area contributed by atoms with Crippen molar-refractivity contribution in [2.45, 2.75) is 32.0 Å². The number of nitrogens with one attached hydrogen (secondary N) is 2. The minimum Gasteiger partial charge on any atom is -0.508 e. The molecule has 4 N–H and O–H groups in total. The smallest absolute Gasteiger partial charge is 0.242 e. The van der Waals surface area contributed by atoms with E-state index in [-0.39, 0.29) is 42.8 Å². The van der Waals surface area contributed by atoms with Crippen LogP contribution in [0.3, 0.4) is 0 Å². The van der Waals surface area contributed by atoms with Gasteiger partial charge >= 0.3 is 0 Å². The molecule has 0 bridgehead atoms. The zero-order valence-electron chi connectivity index (χ0n) is 16.6. The quantitative estimate of drug-likeness (QED) is 0.594. The molecule has 0 radical (unpaired) electrons. The average molecular weight is 397 g/mol. The monoisotopic (exact) mass is 397 g/mol. The molecular formula is C22H27N3O4. The summed E-state index contributed by atoms with van der Waals surface area (Å²) in [7, 11) is 0. The third-order valence-electron chi connectivity index (χ3n) is 5.78. The number of rotatable bonds is 6. The maximum Gasteiger partial charge on any atom is 0.242 e. The Kier molecular flexibility index (Phi) is 5.45. The van der Waals surface area contributed by atoms with E-state index in [0.717, 1.165) is 22.4 Å². The van der Waals surface area contributed by atoms with E-state index in [2.05, 4.69) is 10.9 Å². The lowest BCUT2D eigenvalue weighted by Gasteiger charge is -2.31. The van der Waals surface area contributed by atoms with Gasteiger partial charge in [0.25, 0.3) is 0 Å². The average Bonchev–Trinajstić information content (AvgIpc) is 3.24. The zero-order valence-corrected chi connectivity index (χ0v) is 16.6. The number of likely N-dealkylation sites (tertiary alicyclic amines) is 1. The van der Waals surface area contributed by atoms with E-state index < -0.39 is 6.04 Å². The van der Waals surface area contributed by atoms with Gasteiger partial charge in [-0.15, -0.1) is 0 Å². The molecule has 1 amide bonds. The second-order valence-corrected chi connectivity index (χ2v) is 7.59. The highest BCUT2D eigenvalue weighted by Crippen LogP contribution is 2.48. The zero-order chi connectivity index (χ0) is 20.5. The van der Waals surface area contributed by atoms with Gasteiger partial charge in [0.15, 0.2) is 0 Å². The molecule has 4 rings (SSSR count). The van der Waals surface area contributed by atoms with Gasteiger partial charge < -0.3 is 19.8 Å². The molecule has 7 nitrogen and oxygen atoms in total. The van der Waals surface area contributed by atoms with Crippen LogP contribution in [0.25, 0.3) is 0 Å². The molecule has 0 aromatic heterocycles. The summed E-state index contributed by atoms with van der Waals surface area (Å²) < 4.78 is 5.66. The number of fused-ring (bicyclic) bond motifs is 1. The van der Waals surface area contributed by atoms with Crippen LogP contribution in [0.1, 0.15) is 35.7 Å². The fourth-order valence-electron chi connectivity index (χ4n) is 4.60. The van der Waals surface area contributed by atoms with Crippen LogP contribution in [-0.2, 0) is 4.79 Å². The number of carbonyl (C=O) groups excluding carboxylic acids is 1. The second kappa shape index (κ2) is 8.02. The highest BCUT2D eigenvalue weighted by atomic mass is 16.5. The van der Waals surface area contributed by atoms with Gasteiger partial charge in [0.2, 0.25) is 5.91 Å². The van der Waals surface area contributed by atoms with Crippen molar-refractivity contribution in [1.29, 1.82) is 0 Å². The Labute approximate surface area is 170 Å². The summed E-state index contributed by atoms with van der Waals surface area (Å²) in [5, 5.41) is 20.1. The van der Waals surface area contributed by atoms with Crippen molar-refractivity contribution < 1.29 is 19.7 Å². The van der Waals surface area contributed by atoms with Crippen molar-refractivity contribution in [2.75, 3.05) is 19.8 Å². The summed E-state index contributed by atoms with van der Waals surface area (Å²) >= 11 is 0. The van der Waals surface area contributed by atoms with Gasteiger partial charge in [0.1, 0.15) is 17.5 Å². The van der Waals surface area contributed by atoms with Gasteiger partial charge in [0, 0.05) is 18.0 Å². The fraction of sp³-hybridized carbons (Fsp3) is 0.409. The number of phenolic OH excluding ortho intramolecular Hbond substituents is 1. The third-order valence-corrected chi connectivity index (χ3v) is 5.78. The number of hydrogen-bond donors (Lipinski definition) is 4. The molecule has 2 heterocycles. The maximum atomic E-state index is 13.1. The second-order valence-electron chi connectivity index (χ2n) is 7.59. The number of carbonyl (C=O) groups is 1. The Hall–Kier alpha value is -2.61. The number of benzene rings is 2. The van der Waals surface area contributed by atoms with Crippen molar-refractivity contribution in [3.05, 3.63) is 59.2 Å². The molecule has 2 aliphatic heterocycles. The Morgan fingerprint density at radius 1 is 1.14 bits per heavy atom. The van der Waals surface area contributed by atoms with E-state index in [1.54, 1.807) is 11.0 Å². The molecule has 154 valence electrons. The van der Waals surface area contributed by atoms with Gasteiger partial charge in [0.05, 0.1) is 25.3 Å². The van der Waals surface area contributed by atoms with Crippen LogP contribution < -0.4 is 15.6 Å². The topological polar surface area (TPSA) is 94.1 Å². The predicted octanol–water partition coefficient (Wildman–Crippen LogP) is 1.81. The lowest BCUT2D eigenvalue weighted by molar-refractivity contribution is -0.131. The van der Waals surface area contributed by atoms with E-state index >= 15 is 0 Å². The number of hydrazine groups is 1. The van der Waals surface area contributed by atoms with Crippen molar-refractivity contribution in [1.82, 2.24) is 15.8 Å². The van der Waals surface area contributed by atoms with E-state index in [1.165, 1.54) is 0 Å². The Bertz CT molecular complexity index is 903. The number of β-amino-alcohol motifs (C(OH)–C–C–N with tert-alkyl or cyclic N) is 1. The molecule has 2 aromatic rings. The molecule has 2 fully saturated rings.